The minimum Gasteiger partial charge on any atom is -0.485 e. The summed E-state index contributed by atoms with van der Waals surface area (Å²) in [4.78, 5) is 37.9. The van der Waals surface area contributed by atoms with Crippen LogP contribution in [0.1, 0.15) is 68.4 Å². The summed E-state index contributed by atoms with van der Waals surface area (Å²) in [5, 5.41) is 20.9. The standard InChI is InChI=1S/C32H47N7O5/c1-4-10-32(14-30(35-20-36-32)37-25-7-12-39(13-8-25)23(3)40)31(42)34-15-26(41)18-38-11-9-28-22(2)29(6-5-24(28)17-38)43-19-27-16-33-21-44-27/h5-6,16,21,25-26,36,41H,4,7-15,17-20H2,1-3H3,(H,34,42)(H,35,37)/t26-,32?/m0/s1. The molecule has 12 heteroatoms. The highest BCUT2D eigenvalue weighted by molar-refractivity contribution is 5.95. The zero-order chi connectivity index (χ0) is 31.1. The highest BCUT2D eigenvalue weighted by Gasteiger charge is 2.41. The Hall–Kier alpha value is -3.48. The molecule has 1 aromatic heterocycles. The van der Waals surface area contributed by atoms with Gasteiger partial charge >= 0.3 is 0 Å². The van der Waals surface area contributed by atoms with Gasteiger partial charge in [-0.05, 0) is 55.4 Å². The maximum atomic E-state index is 13.6. The van der Waals surface area contributed by atoms with E-state index in [1.54, 1.807) is 13.1 Å². The second kappa shape index (κ2) is 14.5. The van der Waals surface area contributed by atoms with Gasteiger partial charge in [-0.1, -0.05) is 19.4 Å². The van der Waals surface area contributed by atoms with Gasteiger partial charge in [-0.3, -0.25) is 24.8 Å². The van der Waals surface area contributed by atoms with E-state index in [1.165, 1.54) is 17.5 Å². The van der Waals surface area contributed by atoms with Crippen molar-refractivity contribution in [2.24, 2.45) is 4.99 Å². The summed E-state index contributed by atoms with van der Waals surface area (Å²) in [7, 11) is 0. The Morgan fingerprint density at radius 1 is 1.27 bits per heavy atom. The van der Waals surface area contributed by atoms with Crippen LogP contribution < -0.4 is 20.7 Å². The van der Waals surface area contributed by atoms with Crippen LogP contribution in [0.5, 0.6) is 5.75 Å². The van der Waals surface area contributed by atoms with E-state index in [0.29, 0.717) is 38.4 Å². The van der Waals surface area contributed by atoms with Crippen molar-refractivity contribution in [2.75, 3.05) is 39.4 Å². The first-order valence-electron chi connectivity index (χ1n) is 15.9. The molecule has 1 saturated heterocycles. The molecule has 44 heavy (non-hydrogen) atoms. The van der Waals surface area contributed by atoms with Crippen LogP contribution >= 0.6 is 0 Å². The SMILES string of the molecule is CCCC1(C(=O)NC[C@H](O)CN2CCc3c(ccc(OCc4cnco4)c3C)C2)CC(NC2CCN(C(C)=O)CC2)=NCN1. The number of β-amino-alcohol motifs (C(OH)–C–C–N with tert-alkyl or cyclic N) is 1. The van der Waals surface area contributed by atoms with Crippen molar-refractivity contribution >= 4 is 17.6 Å². The van der Waals surface area contributed by atoms with Crippen molar-refractivity contribution in [1.29, 1.82) is 0 Å². The van der Waals surface area contributed by atoms with Crippen LogP contribution in [0.25, 0.3) is 0 Å². The molecule has 0 radical (unpaired) electrons. The summed E-state index contributed by atoms with van der Waals surface area (Å²) in [6.45, 7) is 10.2. The number of amides is 2. The molecule has 0 spiro atoms. The quantitative estimate of drug-likeness (QED) is 0.300. The molecule has 1 fully saturated rings. The lowest BCUT2D eigenvalue weighted by atomic mass is 9.86. The summed E-state index contributed by atoms with van der Waals surface area (Å²) in [5.74, 6) is 2.38. The molecule has 2 amide bonds. The van der Waals surface area contributed by atoms with Gasteiger partial charge in [0.25, 0.3) is 0 Å². The fourth-order valence-corrected chi connectivity index (χ4v) is 6.63. The van der Waals surface area contributed by atoms with Gasteiger partial charge in [-0.25, -0.2) is 4.98 Å². The summed E-state index contributed by atoms with van der Waals surface area (Å²) in [5.41, 5.74) is 2.89. The van der Waals surface area contributed by atoms with E-state index in [-0.39, 0.29) is 24.4 Å². The predicted molar refractivity (Wildman–Crippen MR) is 166 cm³/mol. The van der Waals surface area contributed by atoms with E-state index in [0.717, 1.165) is 69.0 Å². The van der Waals surface area contributed by atoms with Crippen LogP contribution in [0.15, 0.2) is 34.1 Å². The molecule has 0 saturated carbocycles. The molecule has 12 nitrogen and oxygen atoms in total. The number of oxazole rings is 1. The van der Waals surface area contributed by atoms with Crippen LogP contribution in [0.3, 0.4) is 0 Å². The number of aliphatic hydroxyl groups excluding tert-OH is 1. The summed E-state index contributed by atoms with van der Waals surface area (Å²) in [6.07, 6.45) is 6.95. The second-order valence-corrected chi connectivity index (χ2v) is 12.3. The lowest BCUT2D eigenvalue weighted by Gasteiger charge is -2.39. The number of nitrogens with one attached hydrogen (secondary N) is 3. The lowest BCUT2D eigenvalue weighted by molar-refractivity contribution is -0.130. The number of hydrogen-bond acceptors (Lipinski definition) is 10. The lowest BCUT2D eigenvalue weighted by Crippen LogP contribution is -2.62. The predicted octanol–water partition coefficient (Wildman–Crippen LogP) is 1.89. The third kappa shape index (κ3) is 7.77. The van der Waals surface area contributed by atoms with E-state index >= 15 is 0 Å². The largest absolute Gasteiger partial charge is 0.485 e. The highest BCUT2D eigenvalue weighted by atomic mass is 16.5. The van der Waals surface area contributed by atoms with Crippen molar-refractivity contribution in [1.82, 2.24) is 30.7 Å². The molecule has 4 heterocycles. The van der Waals surface area contributed by atoms with Crippen molar-refractivity contribution in [3.05, 3.63) is 47.2 Å². The molecule has 1 aromatic carbocycles. The fourth-order valence-electron chi connectivity index (χ4n) is 6.63. The Morgan fingerprint density at radius 3 is 2.82 bits per heavy atom. The Bertz CT molecular complexity index is 1310. The number of hydrogen-bond donors (Lipinski definition) is 4. The van der Waals surface area contributed by atoms with Gasteiger partial charge < -0.3 is 29.8 Å². The number of nitrogens with zero attached hydrogens (tertiary/aromatic N) is 4. The number of rotatable bonds is 11. The first-order valence-corrected chi connectivity index (χ1v) is 15.9. The van der Waals surface area contributed by atoms with Gasteiger partial charge in [0.05, 0.1) is 19.0 Å². The van der Waals surface area contributed by atoms with E-state index in [2.05, 4.69) is 50.7 Å². The van der Waals surface area contributed by atoms with Gasteiger partial charge in [0.2, 0.25) is 11.8 Å². The molecule has 5 rings (SSSR count). The van der Waals surface area contributed by atoms with Gasteiger partial charge in [0.15, 0.2) is 12.2 Å². The van der Waals surface area contributed by atoms with Gasteiger partial charge in [0, 0.05) is 58.7 Å². The number of aliphatic imine (C=N–C) groups is 1. The number of carbonyl (C=O) groups is 2. The minimum atomic E-state index is -0.770. The highest BCUT2D eigenvalue weighted by Crippen LogP contribution is 2.30. The van der Waals surface area contributed by atoms with E-state index in [9.17, 15) is 14.7 Å². The number of carbonyl (C=O) groups excluding carboxylic acids is 2. The minimum absolute atomic E-state index is 0.100. The second-order valence-electron chi connectivity index (χ2n) is 12.3. The van der Waals surface area contributed by atoms with Gasteiger partial charge in [-0.2, -0.15) is 0 Å². The normalized spacial score (nSPS) is 21.7. The molecule has 240 valence electrons. The Balaban J connectivity index is 1.10. The number of likely N-dealkylation sites (tertiary alicyclic amines) is 1. The van der Waals surface area contributed by atoms with E-state index in [1.807, 2.05) is 11.0 Å². The van der Waals surface area contributed by atoms with E-state index < -0.39 is 11.6 Å². The number of aliphatic hydroxyl groups is 1. The molecule has 0 aliphatic carbocycles. The topological polar surface area (TPSA) is 145 Å². The molecule has 4 N–H and O–H groups in total. The van der Waals surface area contributed by atoms with Crippen LogP contribution in [-0.4, -0.2) is 94.6 Å². The van der Waals surface area contributed by atoms with Crippen molar-refractivity contribution in [3.8, 4) is 5.75 Å². The van der Waals surface area contributed by atoms with Crippen LogP contribution in [0.4, 0.5) is 0 Å². The molecule has 2 atom stereocenters. The molecule has 1 unspecified atom stereocenters. The first-order chi connectivity index (χ1) is 21.3. The monoisotopic (exact) mass is 609 g/mol. The third-order valence-corrected chi connectivity index (χ3v) is 9.12. The molecule has 3 aliphatic rings. The Labute approximate surface area is 259 Å². The number of fused-ring (bicyclic) bond motifs is 1. The van der Waals surface area contributed by atoms with E-state index in [4.69, 9.17) is 9.15 Å². The van der Waals surface area contributed by atoms with Gasteiger partial charge in [0.1, 0.15) is 23.7 Å². The summed E-state index contributed by atoms with van der Waals surface area (Å²) >= 11 is 0. The third-order valence-electron chi connectivity index (χ3n) is 9.12. The Kier molecular flexibility index (Phi) is 10.5. The zero-order valence-corrected chi connectivity index (χ0v) is 26.2. The number of aromatic nitrogens is 1. The summed E-state index contributed by atoms with van der Waals surface area (Å²) < 4.78 is 11.2. The van der Waals surface area contributed by atoms with Crippen molar-refractivity contribution < 1.29 is 23.8 Å². The maximum absolute atomic E-state index is 13.6. The number of piperidine rings is 1. The van der Waals surface area contributed by atoms with Crippen molar-refractivity contribution in [2.45, 2.75) is 90.1 Å². The smallest absolute Gasteiger partial charge is 0.240 e. The average Bonchev–Trinajstić information content (AvgIpc) is 3.54. The molecular formula is C32H47N7O5. The average molecular weight is 610 g/mol. The maximum Gasteiger partial charge on any atom is 0.240 e. The summed E-state index contributed by atoms with van der Waals surface area (Å²) in [6, 6.07) is 4.33. The molecule has 3 aliphatic heterocycles. The molecule has 0 bridgehead atoms. The zero-order valence-electron chi connectivity index (χ0n) is 26.2. The number of ether oxygens (including phenoxy) is 1. The number of benzene rings is 1. The van der Waals surface area contributed by atoms with Crippen LogP contribution in [0, 0.1) is 6.92 Å². The van der Waals surface area contributed by atoms with Gasteiger partial charge in [-0.15, -0.1) is 0 Å². The molecular weight excluding hydrogens is 562 g/mol. The van der Waals surface area contributed by atoms with Crippen LogP contribution in [0.2, 0.25) is 0 Å². The fraction of sp³-hybridized carbons (Fsp3) is 0.625. The number of amidine groups is 1. The first kappa shape index (κ1) is 31.9. The van der Waals surface area contributed by atoms with Crippen molar-refractivity contribution in [3.63, 3.8) is 0 Å². The Morgan fingerprint density at radius 2 is 2.09 bits per heavy atom. The molecule has 2 aromatic rings. The van der Waals surface area contributed by atoms with Crippen LogP contribution in [-0.2, 0) is 29.2 Å².